The minimum Gasteiger partial charge on any atom is -0.366 e. The average molecular weight is 534 g/mol. The third-order valence-corrected chi connectivity index (χ3v) is 6.20. The van der Waals surface area contributed by atoms with Crippen molar-refractivity contribution >= 4 is 18.1 Å². The summed E-state index contributed by atoms with van der Waals surface area (Å²) in [6.07, 6.45) is 8.48. The Hall–Kier alpha value is -3.21. The van der Waals surface area contributed by atoms with Crippen molar-refractivity contribution in [2.45, 2.75) is 94.8 Å². The number of nitrogens with zero attached hydrogens (tertiary/aromatic N) is 5. The predicted molar refractivity (Wildman–Crippen MR) is 176 cm³/mol. The lowest BCUT2D eigenvalue weighted by Crippen LogP contribution is -2.37. The fourth-order valence-electron chi connectivity index (χ4n) is 3.94. The molecule has 2 aliphatic rings. The molecule has 39 heavy (non-hydrogen) atoms. The summed E-state index contributed by atoms with van der Waals surface area (Å²) in [5.41, 5.74) is 9.85. The van der Waals surface area contributed by atoms with Gasteiger partial charge in [-0.3, -0.25) is 9.98 Å². The molecule has 1 aromatic carbocycles. The number of fused-ring (bicyclic) bond motifs is 1. The molecule has 3 rings (SSSR count). The van der Waals surface area contributed by atoms with Crippen LogP contribution in [0, 0.1) is 0 Å². The standard InChI is InChI=1S/C25H34N4.C5H10.C2H5N.C2H6/c1-7-24(14-18(2)3)27-21(6)29-17-26-25(15-19(29)4)20(5)28-13-12-22-10-8-9-11-23(22)16-28;1-4-5(2)3;1-3-2;1-2/h8-11,14-15,21H,5,7,12-13,16-17H2,1-4,6H3;4H,1-3H3;1H2,2H3;1-2H3/b27-24-;;;. The van der Waals surface area contributed by atoms with Gasteiger partial charge in [0.25, 0.3) is 0 Å². The third kappa shape index (κ3) is 12.9. The summed E-state index contributed by atoms with van der Waals surface area (Å²) < 4.78 is 0. The van der Waals surface area contributed by atoms with E-state index in [1.807, 2.05) is 20.8 Å². The molecule has 216 valence electrons. The van der Waals surface area contributed by atoms with E-state index in [-0.39, 0.29) is 6.17 Å². The fraction of sp³-hybridized carbons (Fsp3) is 0.500. The Balaban J connectivity index is 0.00000125. The lowest BCUT2D eigenvalue weighted by molar-refractivity contribution is 0.279. The molecule has 0 spiro atoms. The lowest BCUT2D eigenvalue weighted by Gasteiger charge is -2.35. The zero-order valence-corrected chi connectivity index (χ0v) is 26.8. The second-order valence-electron chi connectivity index (χ2n) is 9.84. The molecule has 0 aliphatic carbocycles. The van der Waals surface area contributed by atoms with E-state index in [1.54, 1.807) is 7.05 Å². The topological polar surface area (TPSA) is 43.6 Å². The molecule has 1 unspecified atom stereocenters. The van der Waals surface area contributed by atoms with Crippen LogP contribution in [0.1, 0.15) is 86.8 Å². The number of rotatable bonds is 6. The summed E-state index contributed by atoms with van der Waals surface area (Å²) in [6.45, 7) is 30.9. The molecule has 0 fully saturated rings. The van der Waals surface area contributed by atoms with Crippen LogP contribution < -0.4 is 0 Å². The molecule has 0 saturated heterocycles. The summed E-state index contributed by atoms with van der Waals surface area (Å²) in [6, 6.07) is 8.70. The monoisotopic (exact) mass is 533 g/mol. The molecular weight excluding hydrogens is 478 g/mol. The summed E-state index contributed by atoms with van der Waals surface area (Å²) in [7, 11) is 1.64. The van der Waals surface area contributed by atoms with Crippen molar-refractivity contribution in [3.05, 3.63) is 82.7 Å². The molecule has 1 aromatic rings. The molecule has 0 amide bonds. The number of allylic oxidation sites excluding steroid dienone is 6. The van der Waals surface area contributed by atoms with E-state index < -0.39 is 0 Å². The van der Waals surface area contributed by atoms with Crippen molar-refractivity contribution < 1.29 is 0 Å². The first-order valence-corrected chi connectivity index (χ1v) is 14.2. The van der Waals surface area contributed by atoms with E-state index in [2.05, 4.69) is 119 Å². The van der Waals surface area contributed by atoms with E-state index in [1.165, 1.54) is 28.0 Å². The quantitative estimate of drug-likeness (QED) is 0.271. The second-order valence-corrected chi connectivity index (χ2v) is 9.84. The van der Waals surface area contributed by atoms with Crippen molar-refractivity contribution in [1.82, 2.24) is 9.80 Å². The van der Waals surface area contributed by atoms with Gasteiger partial charge in [0.2, 0.25) is 0 Å². The number of aliphatic imine (C=N–C) groups is 3. The lowest BCUT2D eigenvalue weighted by atomic mass is 9.99. The van der Waals surface area contributed by atoms with Crippen LogP contribution in [-0.4, -0.2) is 54.4 Å². The number of hydrogen-bond acceptors (Lipinski definition) is 5. The predicted octanol–water partition coefficient (Wildman–Crippen LogP) is 8.66. The molecule has 0 bridgehead atoms. The smallest absolute Gasteiger partial charge is 0.119 e. The highest BCUT2D eigenvalue weighted by molar-refractivity contribution is 6.08. The van der Waals surface area contributed by atoms with Crippen LogP contribution in [0.15, 0.2) is 86.6 Å². The highest BCUT2D eigenvalue weighted by Crippen LogP contribution is 2.24. The minimum absolute atomic E-state index is 0.0669. The van der Waals surface area contributed by atoms with Gasteiger partial charge in [-0.15, -0.1) is 0 Å². The third-order valence-electron chi connectivity index (χ3n) is 6.20. The first kappa shape index (κ1) is 35.8. The first-order valence-electron chi connectivity index (χ1n) is 14.2. The van der Waals surface area contributed by atoms with Gasteiger partial charge in [0.05, 0.1) is 11.4 Å². The molecule has 2 heterocycles. The molecule has 1 atom stereocenters. The maximum atomic E-state index is 4.92. The zero-order valence-electron chi connectivity index (χ0n) is 26.8. The molecular formula is C34H55N5. The van der Waals surface area contributed by atoms with Crippen LogP contribution in [0.25, 0.3) is 0 Å². The van der Waals surface area contributed by atoms with Crippen LogP contribution in [0.4, 0.5) is 0 Å². The number of hydrogen-bond donors (Lipinski definition) is 0. The maximum Gasteiger partial charge on any atom is 0.119 e. The van der Waals surface area contributed by atoms with Gasteiger partial charge in [-0.25, -0.2) is 0 Å². The van der Waals surface area contributed by atoms with E-state index in [4.69, 9.17) is 9.98 Å². The van der Waals surface area contributed by atoms with Gasteiger partial charge in [-0.1, -0.05) is 68.8 Å². The van der Waals surface area contributed by atoms with Crippen molar-refractivity contribution in [3.63, 3.8) is 0 Å². The van der Waals surface area contributed by atoms with E-state index in [9.17, 15) is 0 Å². The largest absolute Gasteiger partial charge is 0.366 e. The Bertz CT molecular complexity index is 1050. The van der Waals surface area contributed by atoms with Gasteiger partial charge in [-0.2, -0.15) is 0 Å². The van der Waals surface area contributed by atoms with Gasteiger partial charge < -0.3 is 14.8 Å². The molecule has 0 aromatic heterocycles. The minimum atomic E-state index is 0.0669. The van der Waals surface area contributed by atoms with Crippen LogP contribution in [-0.2, 0) is 13.0 Å². The zero-order chi connectivity index (χ0) is 30.0. The van der Waals surface area contributed by atoms with E-state index >= 15 is 0 Å². The van der Waals surface area contributed by atoms with E-state index in [0.29, 0.717) is 6.67 Å². The molecule has 0 saturated carbocycles. The van der Waals surface area contributed by atoms with Gasteiger partial charge in [0.1, 0.15) is 12.8 Å². The Morgan fingerprint density at radius 2 is 1.67 bits per heavy atom. The highest BCUT2D eigenvalue weighted by atomic mass is 15.3. The van der Waals surface area contributed by atoms with Gasteiger partial charge in [0.15, 0.2) is 0 Å². The molecule has 2 aliphatic heterocycles. The van der Waals surface area contributed by atoms with Crippen molar-refractivity contribution in [2.75, 3.05) is 20.3 Å². The van der Waals surface area contributed by atoms with Crippen LogP contribution >= 0.6 is 0 Å². The molecule has 5 heteroatoms. The van der Waals surface area contributed by atoms with Crippen molar-refractivity contribution in [3.8, 4) is 0 Å². The van der Waals surface area contributed by atoms with Gasteiger partial charge in [0, 0.05) is 31.5 Å². The Kier molecular flexibility index (Phi) is 18.2. The summed E-state index contributed by atoms with van der Waals surface area (Å²) in [5.74, 6) is 0. The van der Waals surface area contributed by atoms with Crippen molar-refractivity contribution in [1.29, 1.82) is 0 Å². The van der Waals surface area contributed by atoms with Gasteiger partial charge >= 0.3 is 0 Å². The normalized spacial score (nSPS) is 14.7. The summed E-state index contributed by atoms with van der Waals surface area (Å²) in [4.78, 5) is 17.6. The summed E-state index contributed by atoms with van der Waals surface area (Å²) in [5, 5.41) is 0. The average Bonchev–Trinajstić information content (AvgIpc) is 2.93. The first-order chi connectivity index (χ1) is 18.6. The Morgan fingerprint density at radius 1 is 1.10 bits per heavy atom. The molecule has 5 nitrogen and oxygen atoms in total. The van der Waals surface area contributed by atoms with Gasteiger partial charge in [-0.05, 0) is 91.3 Å². The highest BCUT2D eigenvalue weighted by Gasteiger charge is 2.23. The summed E-state index contributed by atoms with van der Waals surface area (Å²) >= 11 is 0. The van der Waals surface area contributed by atoms with Crippen molar-refractivity contribution in [2.24, 2.45) is 15.0 Å². The fourth-order valence-corrected chi connectivity index (χ4v) is 3.94. The van der Waals surface area contributed by atoms with Crippen LogP contribution in [0.2, 0.25) is 0 Å². The Morgan fingerprint density at radius 3 is 2.15 bits per heavy atom. The van der Waals surface area contributed by atoms with Crippen LogP contribution in [0.5, 0.6) is 0 Å². The second kappa shape index (κ2) is 19.8. The Labute approximate surface area is 240 Å². The number of benzene rings is 1. The SMILES string of the molecule is C=C(C1=NCN(C(C)/N=C(\C=C(C)C)CC)C(C)=C1)N1CCc2ccccc2C1.C=NC.CC.CC=C(C)C. The molecule has 0 N–H and O–H groups in total. The molecule has 0 radical (unpaired) electrons. The maximum absolute atomic E-state index is 4.92. The van der Waals surface area contributed by atoms with Crippen LogP contribution in [0.3, 0.4) is 0 Å². The van der Waals surface area contributed by atoms with E-state index in [0.717, 1.165) is 43.1 Å².